The van der Waals surface area contributed by atoms with Gasteiger partial charge in [0.05, 0.1) is 0 Å². The zero-order chi connectivity index (χ0) is 12.5. The van der Waals surface area contributed by atoms with Crippen molar-refractivity contribution in [2.45, 2.75) is 12.8 Å². The number of halogens is 3. The molecule has 0 aliphatic carbocycles. The summed E-state index contributed by atoms with van der Waals surface area (Å²) in [7, 11) is 0. The Labute approximate surface area is 97.5 Å². The molecule has 0 radical (unpaired) electrons. The molecule has 2 rings (SSSR count). The number of nitrogens with zero attached hydrogens (tertiary/aromatic N) is 1. The second kappa shape index (κ2) is 4.43. The number of hydrogen-bond donors (Lipinski definition) is 0. The van der Waals surface area contributed by atoms with Crippen LogP contribution in [0.1, 0.15) is 22.3 Å². The van der Waals surface area contributed by atoms with Gasteiger partial charge in [-0.25, -0.2) is 0 Å². The fourth-order valence-corrected chi connectivity index (χ4v) is 2.10. The van der Waals surface area contributed by atoms with Crippen LogP contribution in [0.25, 0.3) is 0 Å². The molecular formula is C11H12BF3NO-. The highest BCUT2D eigenvalue weighted by Crippen LogP contribution is 2.20. The average molecular weight is 242 g/mol. The predicted molar refractivity (Wildman–Crippen MR) is 59.7 cm³/mol. The Bertz CT molecular complexity index is 433. The van der Waals surface area contributed by atoms with Crippen molar-refractivity contribution < 1.29 is 17.7 Å². The third-order valence-corrected chi connectivity index (χ3v) is 2.84. The minimum Gasteiger partial charge on any atom is -0.448 e. The molecule has 2 nitrogen and oxygen atoms in total. The summed E-state index contributed by atoms with van der Waals surface area (Å²) >= 11 is 0. The van der Waals surface area contributed by atoms with Crippen LogP contribution in [0, 0.1) is 0 Å². The van der Waals surface area contributed by atoms with E-state index >= 15 is 0 Å². The molecule has 0 aromatic heterocycles. The highest BCUT2D eigenvalue weighted by molar-refractivity contribution is 6.58. The Morgan fingerprint density at radius 1 is 1.24 bits per heavy atom. The zero-order valence-electron chi connectivity index (χ0n) is 9.20. The lowest BCUT2D eigenvalue weighted by atomic mass is 9.91. The second-order valence-corrected chi connectivity index (χ2v) is 4.22. The Kier molecular flexibility index (Phi) is 3.13. The van der Waals surface area contributed by atoms with E-state index in [-0.39, 0.29) is 6.54 Å². The monoisotopic (exact) mass is 242 g/mol. The summed E-state index contributed by atoms with van der Waals surface area (Å²) < 4.78 is 37.2. The fourth-order valence-electron chi connectivity index (χ4n) is 2.10. The molecular weight excluding hydrogens is 230 g/mol. The normalized spacial score (nSPS) is 16.6. The number of carbonyl (C=O) groups is 1. The van der Waals surface area contributed by atoms with E-state index < -0.39 is 19.3 Å². The molecule has 0 atom stereocenters. The van der Waals surface area contributed by atoms with Gasteiger partial charge < -0.3 is 17.8 Å². The third kappa shape index (κ3) is 2.81. The predicted octanol–water partition coefficient (Wildman–Crippen LogP) is 2.46. The summed E-state index contributed by atoms with van der Waals surface area (Å²) in [6, 6.07) is 6.88. The van der Waals surface area contributed by atoms with E-state index in [0.29, 0.717) is 18.4 Å². The summed E-state index contributed by atoms with van der Waals surface area (Å²) in [5.41, 5.74) is 1.25. The van der Waals surface area contributed by atoms with E-state index in [1.165, 1.54) is 0 Å². The Morgan fingerprint density at radius 2 is 1.94 bits per heavy atom. The second-order valence-electron chi connectivity index (χ2n) is 4.22. The van der Waals surface area contributed by atoms with Crippen molar-refractivity contribution in [3.05, 3.63) is 35.4 Å². The molecule has 0 fully saturated rings. The number of carbonyl (C=O) groups excluding carboxylic acids is 1. The van der Waals surface area contributed by atoms with Gasteiger partial charge >= 0.3 is 6.98 Å². The minimum atomic E-state index is -4.96. The molecule has 0 saturated carbocycles. The molecule has 17 heavy (non-hydrogen) atoms. The number of hydrogen-bond acceptors (Lipinski definition) is 1. The van der Waals surface area contributed by atoms with Gasteiger partial charge in [-0.1, -0.05) is 18.2 Å². The molecule has 0 N–H and O–H groups in total. The van der Waals surface area contributed by atoms with Gasteiger partial charge in [-0.05, 0) is 30.9 Å². The largest absolute Gasteiger partial charge is 0.497 e. The molecule has 1 aliphatic heterocycles. The van der Waals surface area contributed by atoms with Crippen molar-refractivity contribution in [1.29, 1.82) is 0 Å². The smallest absolute Gasteiger partial charge is 0.448 e. The highest BCUT2D eigenvalue weighted by Gasteiger charge is 2.31. The van der Waals surface area contributed by atoms with Crippen molar-refractivity contribution in [3.8, 4) is 0 Å². The summed E-state index contributed by atoms with van der Waals surface area (Å²) in [6.07, 6.45) is 0.130. The lowest BCUT2D eigenvalue weighted by Crippen LogP contribution is -2.41. The first-order valence-electron chi connectivity index (χ1n) is 5.55. The third-order valence-electron chi connectivity index (χ3n) is 2.84. The van der Waals surface area contributed by atoms with E-state index in [0.717, 1.165) is 10.5 Å². The van der Waals surface area contributed by atoms with Crippen molar-refractivity contribution in [2.24, 2.45) is 0 Å². The summed E-state index contributed by atoms with van der Waals surface area (Å²) in [4.78, 5) is 12.9. The van der Waals surface area contributed by atoms with Gasteiger partial charge in [0.2, 0.25) is 0 Å². The summed E-state index contributed by atoms with van der Waals surface area (Å²) in [5, 5.41) is 0. The maximum atomic E-state index is 12.4. The van der Waals surface area contributed by atoms with Crippen LogP contribution >= 0.6 is 0 Å². The van der Waals surface area contributed by atoms with Gasteiger partial charge in [0.1, 0.15) is 0 Å². The topological polar surface area (TPSA) is 20.3 Å². The number of aryl methyl sites for hydroxylation is 1. The van der Waals surface area contributed by atoms with Crippen LogP contribution < -0.4 is 0 Å². The highest BCUT2D eigenvalue weighted by atomic mass is 19.4. The molecule has 1 aromatic carbocycles. The SMILES string of the molecule is O=C1c2ccccc2CCCN1C[B-](F)(F)F. The molecule has 0 spiro atoms. The van der Waals surface area contributed by atoms with Crippen LogP contribution in [0.4, 0.5) is 12.9 Å². The van der Waals surface area contributed by atoms with Gasteiger partial charge in [0.25, 0.3) is 5.91 Å². The van der Waals surface area contributed by atoms with Crippen LogP contribution in [-0.2, 0) is 6.42 Å². The van der Waals surface area contributed by atoms with Crippen LogP contribution in [0.2, 0.25) is 0 Å². The molecule has 1 aromatic rings. The van der Waals surface area contributed by atoms with Gasteiger partial charge in [-0.3, -0.25) is 4.79 Å². The van der Waals surface area contributed by atoms with Gasteiger partial charge in [-0.15, -0.1) is 0 Å². The molecule has 0 bridgehead atoms. The lowest BCUT2D eigenvalue weighted by molar-refractivity contribution is 0.0773. The maximum Gasteiger partial charge on any atom is 0.497 e. The molecule has 1 heterocycles. The maximum absolute atomic E-state index is 12.4. The first-order valence-corrected chi connectivity index (χ1v) is 5.55. The molecule has 0 unspecified atom stereocenters. The Balaban J connectivity index is 2.26. The van der Waals surface area contributed by atoms with Gasteiger partial charge in [0.15, 0.2) is 0 Å². The lowest BCUT2D eigenvalue weighted by Gasteiger charge is -2.26. The van der Waals surface area contributed by atoms with E-state index in [4.69, 9.17) is 0 Å². The van der Waals surface area contributed by atoms with Crippen molar-refractivity contribution >= 4 is 12.9 Å². The molecule has 0 saturated heterocycles. The average Bonchev–Trinajstić information content (AvgIpc) is 2.39. The Hall–Kier alpha value is -1.46. The van der Waals surface area contributed by atoms with Gasteiger partial charge in [0, 0.05) is 12.1 Å². The number of rotatable bonds is 2. The van der Waals surface area contributed by atoms with Crippen molar-refractivity contribution in [2.75, 3.05) is 13.0 Å². The number of benzene rings is 1. The molecule has 6 heteroatoms. The van der Waals surface area contributed by atoms with E-state index in [1.807, 2.05) is 0 Å². The van der Waals surface area contributed by atoms with E-state index in [2.05, 4.69) is 0 Å². The number of fused-ring (bicyclic) bond motifs is 1. The van der Waals surface area contributed by atoms with Crippen LogP contribution in [0.5, 0.6) is 0 Å². The van der Waals surface area contributed by atoms with Crippen molar-refractivity contribution in [3.63, 3.8) is 0 Å². The van der Waals surface area contributed by atoms with Crippen molar-refractivity contribution in [1.82, 2.24) is 4.90 Å². The van der Waals surface area contributed by atoms with Gasteiger partial charge in [-0.2, -0.15) is 0 Å². The van der Waals surface area contributed by atoms with E-state index in [1.54, 1.807) is 24.3 Å². The van der Waals surface area contributed by atoms with Crippen LogP contribution in [0.15, 0.2) is 24.3 Å². The zero-order valence-corrected chi connectivity index (χ0v) is 9.20. The minimum absolute atomic E-state index is 0.175. The standard InChI is InChI=1S/C11H12BF3NO/c13-12(14,15)8-16-7-3-5-9-4-1-2-6-10(9)11(16)17/h1-2,4,6H,3,5,7-8H2/q-1. The fraction of sp³-hybridized carbons (Fsp3) is 0.364. The molecule has 1 amide bonds. The van der Waals surface area contributed by atoms with Crippen LogP contribution in [0.3, 0.4) is 0 Å². The summed E-state index contributed by atoms with van der Waals surface area (Å²) in [5.74, 6) is -0.502. The summed E-state index contributed by atoms with van der Waals surface area (Å²) in [6.45, 7) is -4.79. The molecule has 92 valence electrons. The first-order chi connectivity index (χ1) is 7.97. The first kappa shape index (κ1) is 12.0. The van der Waals surface area contributed by atoms with Crippen LogP contribution in [-0.4, -0.2) is 30.8 Å². The Morgan fingerprint density at radius 3 is 2.65 bits per heavy atom. The molecule has 1 aliphatic rings. The van der Waals surface area contributed by atoms with E-state index in [9.17, 15) is 17.7 Å². The quantitative estimate of drug-likeness (QED) is 0.729. The number of amides is 1.